The van der Waals surface area contributed by atoms with Crippen molar-refractivity contribution in [2.24, 2.45) is 0 Å². The standard InChI is InChI=1S/C13H20N5O13P3/c1-7-8(2)18(16-15-7)9-5-12(17-4-3-11(19)14-13(17)20)29-10(9)6-28-33(24,25)31-34(26,27)30-32(21,22)23/h3-4,9-10,12H,5-6H2,1-2H3,(H,24,25)(H,26,27)(H,14,19,20)(H2,21,22,23)/t9-,10+,12+/m0/s1. The monoisotopic (exact) mass is 547 g/mol. The average Bonchev–Trinajstić information content (AvgIpc) is 3.21. The third-order valence-corrected chi connectivity index (χ3v) is 8.46. The molecule has 0 amide bonds. The number of aromatic nitrogens is 5. The summed E-state index contributed by atoms with van der Waals surface area (Å²) in [7, 11) is -16.6. The van der Waals surface area contributed by atoms with Crippen LogP contribution in [0.25, 0.3) is 0 Å². The minimum Gasteiger partial charge on any atom is -0.350 e. The maximum Gasteiger partial charge on any atom is 0.490 e. The summed E-state index contributed by atoms with van der Waals surface area (Å²) in [6, 6.07) is 0.363. The van der Waals surface area contributed by atoms with E-state index in [1.54, 1.807) is 13.8 Å². The number of ether oxygens (including phenoxy) is 1. The van der Waals surface area contributed by atoms with E-state index in [0.717, 1.165) is 10.6 Å². The van der Waals surface area contributed by atoms with Crippen molar-refractivity contribution in [1.82, 2.24) is 24.5 Å². The molecule has 3 rings (SSSR count). The van der Waals surface area contributed by atoms with Gasteiger partial charge in [0, 0.05) is 18.7 Å². The van der Waals surface area contributed by atoms with Crippen LogP contribution in [0.4, 0.5) is 0 Å². The number of nitrogens with one attached hydrogen (secondary N) is 1. The van der Waals surface area contributed by atoms with E-state index < -0.39 is 59.7 Å². The summed E-state index contributed by atoms with van der Waals surface area (Å²) >= 11 is 0. The largest absolute Gasteiger partial charge is 0.490 e. The third kappa shape index (κ3) is 6.65. The molecule has 0 radical (unpaired) electrons. The van der Waals surface area contributed by atoms with E-state index in [0.29, 0.717) is 11.4 Å². The Balaban J connectivity index is 1.82. The van der Waals surface area contributed by atoms with Gasteiger partial charge in [-0.05, 0) is 13.8 Å². The fourth-order valence-corrected chi connectivity index (χ4v) is 6.18. The predicted molar refractivity (Wildman–Crippen MR) is 108 cm³/mol. The van der Waals surface area contributed by atoms with Crippen LogP contribution in [-0.2, 0) is 31.6 Å². The molecule has 190 valence electrons. The summed E-state index contributed by atoms with van der Waals surface area (Å²) in [5, 5.41) is 7.91. The maximum absolute atomic E-state index is 12.2. The molecule has 0 aromatic carbocycles. The van der Waals surface area contributed by atoms with Crippen LogP contribution in [0.5, 0.6) is 0 Å². The van der Waals surface area contributed by atoms with E-state index in [2.05, 4.69) is 28.4 Å². The minimum atomic E-state index is -5.69. The lowest BCUT2D eigenvalue weighted by Gasteiger charge is -2.21. The van der Waals surface area contributed by atoms with Crippen molar-refractivity contribution in [2.75, 3.05) is 6.61 Å². The Morgan fingerprint density at radius 3 is 2.38 bits per heavy atom. The van der Waals surface area contributed by atoms with E-state index in [1.807, 2.05) is 0 Å². The van der Waals surface area contributed by atoms with Crippen LogP contribution >= 0.6 is 23.5 Å². The maximum atomic E-state index is 12.2. The quantitative estimate of drug-likeness (QED) is 0.251. The molecule has 1 aliphatic heterocycles. The fourth-order valence-electron chi connectivity index (χ4n) is 3.15. The molecule has 5 atom stereocenters. The fraction of sp³-hybridized carbons (Fsp3) is 0.538. The SMILES string of the molecule is Cc1nnn([C@H]2C[C@H](n3ccc(=O)[nH]c3=O)O[C@@H]2COP(=O)(O)OP(=O)(O)OP(=O)(O)O)c1C. The summed E-state index contributed by atoms with van der Waals surface area (Å²) in [5.74, 6) is 0. The highest BCUT2D eigenvalue weighted by atomic mass is 31.3. The van der Waals surface area contributed by atoms with E-state index in [4.69, 9.17) is 14.5 Å². The van der Waals surface area contributed by atoms with Gasteiger partial charge in [0.2, 0.25) is 0 Å². The highest BCUT2D eigenvalue weighted by molar-refractivity contribution is 7.66. The van der Waals surface area contributed by atoms with Gasteiger partial charge in [0.1, 0.15) is 12.3 Å². The molecule has 2 aromatic rings. The zero-order chi connectivity index (χ0) is 25.5. The summed E-state index contributed by atoms with van der Waals surface area (Å²) in [6.07, 6.45) is -0.825. The van der Waals surface area contributed by atoms with Gasteiger partial charge >= 0.3 is 29.2 Å². The first-order valence-corrected chi connectivity index (χ1v) is 13.7. The first kappa shape index (κ1) is 26.8. The molecule has 1 fully saturated rings. The van der Waals surface area contributed by atoms with Crippen molar-refractivity contribution in [3.63, 3.8) is 0 Å². The Labute approximate surface area is 189 Å². The van der Waals surface area contributed by atoms with Crippen molar-refractivity contribution in [3.05, 3.63) is 44.5 Å². The predicted octanol–water partition coefficient (Wildman–Crippen LogP) is -0.383. The highest BCUT2D eigenvalue weighted by Crippen LogP contribution is 2.66. The molecule has 3 heterocycles. The second-order valence-electron chi connectivity index (χ2n) is 7.04. The highest BCUT2D eigenvalue weighted by Gasteiger charge is 2.44. The normalized spacial score (nSPS) is 24.6. The first-order chi connectivity index (χ1) is 15.6. The third-order valence-electron chi connectivity index (χ3n) is 4.66. The van der Waals surface area contributed by atoms with E-state index in [-0.39, 0.29) is 6.42 Å². The van der Waals surface area contributed by atoms with E-state index >= 15 is 0 Å². The van der Waals surface area contributed by atoms with Crippen LogP contribution in [0.3, 0.4) is 0 Å². The molecule has 2 unspecified atom stereocenters. The number of H-pyrrole nitrogens is 1. The molecule has 0 saturated carbocycles. The van der Waals surface area contributed by atoms with Gasteiger partial charge in [-0.1, -0.05) is 5.21 Å². The van der Waals surface area contributed by atoms with Crippen LogP contribution in [0.2, 0.25) is 0 Å². The zero-order valence-corrected chi connectivity index (χ0v) is 20.1. The summed E-state index contributed by atoms with van der Waals surface area (Å²) in [6.45, 7) is 2.61. The number of rotatable bonds is 9. The number of hydrogen-bond donors (Lipinski definition) is 5. The minimum absolute atomic E-state index is 0.0695. The van der Waals surface area contributed by atoms with Crippen LogP contribution in [-0.4, -0.2) is 56.8 Å². The molecule has 2 aromatic heterocycles. The molecular formula is C13H20N5O13P3. The molecule has 34 heavy (non-hydrogen) atoms. The molecule has 0 aliphatic carbocycles. The Bertz CT molecular complexity index is 1310. The smallest absolute Gasteiger partial charge is 0.350 e. The van der Waals surface area contributed by atoms with Crippen molar-refractivity contribution in [1.29, 1.82) is 0 Å². The Hall–Kier alpha value is -1.81. The van der Waals surface area contributed by atoms with Gasteiger partial charge in [0.25, 0.3) is 5.56 Å². The Morgan fingerprint density at radius 1 is 1.15 bits per heavy atom. The number of phosphoric ester groups is 1. The number of hydrogen-bond acceptors (Lipinski definition) is 11. The van der Waals surface area contributed by atoms with Crippen molar-refractivity contribution in [2.45, 2.75) is 38.6 Å². The van der Waals surface area contributed by atoms with Gasteiger partial charge in [0.05, 0.1) is 24.0 Å². The second-order valence-corrected chi connectivity index (χ2v) is 11.5. The molecule has 18 nitrogen and oxygen atoms in total. The summed E-state index contributed by atoms with van der Waals surface area (Å²) < 4.78 is 54.6. The topological polar surface area (TPSA) is 255 Å². The lowest BCUT2D eigenvalue weighted by Crippen LogP contribution is -2.31. The van der Waals surface area contributed by atoms with Gasteiger partial charge in [-0.3, -0.25) is 18.9 Å². The van der Waals surface area contributed by atoms with Gasteiger partial charge < -0.3 is 24.3 Å². The molecule has 1 aliphatic rings. The Kier molecular flexibility index (Phi) is 7.63. The molecular weight excluding hydrogens is 527 g/mol. The van der Waals surface area contributed by atoms with Crippen molar-refractivity contribution >= 4 is 23.5 Å². The van der Waals surface area contributed by atoms with Gasteiger partial charge in [-0.2, -0.15) is 8.62 Å². The molecule has 1 saturated heterocycles. The Morgan fingerprint density at radius 2 is 1.82 bits per heavy atom. The first-order valence-electron chi connectivity index (χ1n) is 9.20. The molecule has 0 bridgehead atoms. The van der Waals surface area contributed by atoms with Gasteiger partial charge in [-0.25, -0.2) is 23.2 Å². The molecule has 5 N–H and O–H groups in total. The van der Waals surface area contributed by atoms with Crippen molar-refractivity contribution in [3.8, 4) is 0 Å². The zero-order valence-electron chi connectivity index (χ0n) is 17.4. The lowest BCUT2D eigenvalue weighted by molar-refractivity contribution is -0.0319. The average molecular weight is 547 g/mol. The van der Waals surface area contributed by atoms with Crippen molar-refractivity contribution < 1.29 is 51.2 Å². The number of phosphoric acid groups is 3. The van der Waals surface area contributed by atoms with Gasteiger partial charge in [0.15, 0.2) is 0 Å². The van der Waals surface area contributed by atoms with Crippen LogP contribution in [0.15, 0.2) is 21.9 Å². The number of aromatic amines is 1. The molecule has 21 heteroatoms. The van der Waals surface area contributed by atoms with E-state index in [9.17, 15) is 33.1 Å². The van der Waals surface area contributed by atoms with E-state index in [1.165, 1.54) is 10.9 Å². The summed E-state index contributed by atoms with van der Waals surface area (Å²) in [5.41, 5.74) is -0.248. The second kappa shape index (κ2) is 9.68. The summed E-state index contributed by atoms with van der Waals surface area (Å²) in [4.78, 5) is 61.8. The number of aryl methyl sites for hydroxylation is 1. The van der Waals surface area contributed by atoms with Crippen LogP contribution in [0, 0.1) is 13.8 Å². The lowest BCUT2D eigenvalue weighted by atomic mass is 10.1. The van der Waals surface area contributed by atoms with Crippen LogP contribution in [0.1, 0.15) is 30.1 Å². The molecule has 0 spiro atoms. The number of nitrogens with zero attached hydrogens (tertiary/aromatic N) is 4. The van der Waals surface area contributed by atoms with Gasteiger partial charge in [-0.15, -0.1) is 5.10 Å². The van der Waals surface area contributed by atoms with Crippen LogP contribution < -0.4 is 11.2 Å².